The van der Waals surface area contributed by atoms with Crippen molar-refractivity contribution >= 4 is 5.91 Å². The molecule has 3 aromatic heterocycles. The van der Waals surface area contributed by atoms with Crippen molar-refractivity contribution in [2.75, 3.05) is 6.54 Å². The van der Waals surface area contributed by atoms with Crippen LogP contribution in [0.4, 0.5) is 17.6 Å². The number of aromatic nitrogens is 3. The van der Waals surface area contributed by atoms with Gasteiger partial charge in [0.25, 0.3) is 0 Å². The Morgan fingerprint density at radius 3 is 2.67 bits per heavy atom. The summed E-state index contributed by atoms with van der Waals surface area (Å²) >= 11 is 0. The number of pyridine rings is 3. The summed E-state index contributed by atoms with van der Waals surface area (Å²) in [5.41, 5.74) is -2.90. The zero-order valence-corrected chi connectivity index (χ0v) is 16.7. The van der Waals surface area contributed by atoms with Crippen LogP contribution in [0, 0.1) is 23.0 Å². The maximum atomic E-state index is 14.4. The minimum atomic E-state index is -3.60. The number of hydrogen-bond donors (Lipinski definition) is 2. The molecule has 3 rings (SSSR count). The van der Waals surface area contributed by atoms with Crippen molar-refractivity contribution in [1.29, 1.82) is 5.26 Å². The summed E-state index contributed by atoms with van der Waals surface area (Å²) in [6, 6.07) is 8.36. The van der Waals surface area contributed by atoms with Gasteiger partial charge in [-0.05, 0) is 30.3 Å². The molecule has 170 valence electrons. The summed E-state index contributed by atoms with van der Waals surface area (Å²) in [5.74, 6) is -6.68. The number of carbonyl (C=O) groups is 1. The van der Waals surface area contributed by atoms with Crippen molar-refractivity contribution in [2.24, 2.45) is 4.99 Å². The van der Waals surface area contributed by atoms with E-state index in [4.69, 9.17) is 1.37 Å². The number of alkyl halides is 2. The van der Waals surface area contributed by atoms with Crippen LogP contribution in [0.1, 0.15) is 24.0 Å². The van der Waals surface area contributed by atoms with Crippen molar-refractivity contribution in [2.45, 2.75) is 18.9 Å². The molecular weight excluding hydrogens is 444 g/mol. The van der Waals surface area contributed by atoms with Crippen LogP contribution >= 0.6 is 0 Å². The molecule has 1 atom stereocenters. The Labute approximate surface area is 185 Å². The molecular formula is C21H16F4N6O2. The van der Waals surface area contributed by atoms with E-state index >= 15 is 0 Å². The number of nitrogens with one attached hydrogen (secondary N) is 1. The molecule has 0 fully saturated rings. The van der Waals surface area contributed by atoms with Crippen molar-refractivity contribution in [3.8, 4) is 6.07 Å². The molecule has 0 radical (unpaired) electrons. The topological polar surface area (TPSA) is 116 Å². The number of rotatable bonds is 7. The Bertz CT molecular complexity index is 1310. The van der Waals surface area contributed by atoms with Gasteiger partial charge >= 0.3 is 5.92 Å². The molecule has 0 aromatic carbocycles. The van der Waals surface area contributed by atoms with Crippen LogP contribution in [0.25, 0.3) is 0 Å². The summed E-state index contributed by atoms with van der Waals surface area (Å²) in [6.07, 6.45) is 1.59. The van der Waals surface area contributed by atoms with Gasteiger partial charge in [-0.2, -0.15) is 18.8 Å². The molecule has 8 nitrogen and oxygen atoms in total. The Balaban J connectivity index is 1.89. The molecule has 0 saturated carbocycles. The number of hydrogen-bond acceptors (Lipinski definition) is 6. The third-order valence-corrected chi connectivity index (χ3v) is 4.32. The van der Waals surface area contributed by atoms with E-state index in [2.05, 4.69) is 20.3 Å². The summed E-state index contributed by atoms with van der Waals surface area (Å²) in [7, 11) is 0. The molecule has 1 amide bonds. The molecule has 0 aliphatic carbocycles. The lowest BCUT2D eigenvalue weighted by atomic mass is 10.1. The van der Waals surface area contributed by atoms with Gasteiger partial charge in [-0.1, -0.05) is 6.07 Å². The zero-order valence-electron chi connectivity index (χ0n) is 17.7. The Morgan fingerprint density at radius 1 is 1.24 bits per heavy atom. The van der Waals surface area contributed by atoms with Crippen LogP contribution in [0.5, 0.6) is 0 Å². The first-order chi connectivity index (χ1) is 16.1. The highest BCUT2D eigenvalue weighted by molar-refractivity contribution is 5.78. The van der Waals surface area contributed by atoms with E-state index in [-0.39, 0.29) is 10.4 Å². The highest BCUT2D eigenvalue weighted by Gasteiger charge is 2.33. The van der Waals surface area contributed by atoms with E-state index in [1.165, 1.54) is 24.4 Å². The molecule has 33 heavy (non-hydrogen) atoms. The summed E-state index contributed by atoms with van der Waals surface area (Å²) in [5, 5.41) is 21.7. The van der Waals surface area contributed by atoms with Crippen molar-refractivity contribution in [1.82, 2.24) is 20.0 Å². The molecule has 2 N–H and O–H groups in total. The summed E-state index contributed by atoms with van der Waals surface area (Å²) < 4.78 is 64.7. The first kappa shape index (κ1) is 21.9. The van der Waals surface area contributed by atoms with Crippen molar-refractivity contribution in [3.63, 3.8) is 0 Å². The number of halogens is 4. The van der Waals surface area contributed by atoms with Gasteiger partial charge in [0.15, 0.2) is 11.3 Å². The Hall–Kier alpha value is -4.27. The van der Waals surface area contributed by atoms with Crippen LogP contribution in [0.3, 0.4) is 0 Å². The maximum absolute atomic E-state index is 14.4. The molecule has 0 aliphatic heterocycles. The third kappa shape index (κ3) is 5.51. The van der Waals surface area contributed by atoms with E-state index in [1.807, 2.05) is 0 Å². The lowest BCUT2D eigenvalue weighted by molar-refractivity contribution is -0.120. The van der Waals surface area contributed by atoms with Gasteiger partial charge < -0.3 is 10.5 Å². The normalized spacial score (nSPS) is 13.2. The minimum Gasteiger partial charge on any atom is -0.427 e. The van der Waals surface area contributed by atoms with Gasteiger partial charge in [-0.15, -0.1) is 0 Å². The van der Waals surface area contributed by atoms with Crippen LogP contribution in [0.2, 0.25) is 0 Å². The monoisotopic (exact) mass is 461 g/mol. The average Bonchev–Trinajstić information content (AvgIpc) is 2.81. The molecule has 0 spiro atoms. The quantitative estimate of drug-likeness (QED) is 0.414. The minimum absolute atomic E-state index is 0.0161. The van der Waals surface area contributed by atoms with Crippen LogP contribution in [0.15, 0.2) is 53.8 Å². The first-order valence-corrected chi connectivity index (χ1v) is 9.29. The van der Waals surface area contributed by atoms with Crippen LogP contribution in [-0.2, 0) is 23.7 Å². The molecule has 0 bridgehead atoms. The second kappa shape index (κ2) is 9.90. The molecule has 3 aromatic rings. The molecule has 0 unspecified atom stereocenters. The van der Waals surface area contributed by atoms with E-state index in [9.17, 15) is 32.8 Å². The van der Waals surface area contributed by atoms with Gasteiger partial charge in [0.05, 0.1) is 31.3 Å². The number of nitriles is 1. The number of amides is 1. The Morgan fingerprint density at radius 2 is 2.00 bits per heavy atom. The molecule has 3 heterocycles. The highest BCUT2D eigenvalue weighted by Crippen LogP contribution is 2.25. The van der Waals surface area contributed by atoms with Gasteiger partial charge in [0, 0.05) is 12.4 Å². The number of nitrogens with zero attached hydrogens (tertiary/aromatic N) is 5. The van der Waals surface area contributed by atoms with Gasteiger partial charge in [-0.3, -0.25) is 19.8 Å². The highest BCUT2D eigenvalue weighted by atomic mass is 19.3. The average molecular weight is 461 g/mol. The predicted molar refractivity (Wildman–Crippen MR) is 105 cm³/mol. The van der Waals surface area contributed by atoms with E-state index < -0.39 is 65.4 Å². The SMILES string of the molecule is [2H][C@H](NC(=O)Cc1c(C#N)cc(F)c(=NCC(F)(F)c2ccccn2)n1O)c1ncccc1F. The van der Waals surface area contributed by atoms with Crippen LogP contribution in [-0.4, -0.2) is 32.4 Å². The second-order valence-electron chi connectivity index (χ2n) is 6.59. The largest absolute Gasteiger partial charge is 0.427 e. The van der Waals surface area contributed by atoms with Gasteiger partial charge in [-0.25, -0.2) is 8.78 Å². The summed E-state index contributed by atoms with van der Waals surface area (Å²) in [4.78, 5) is 23.0. The lowest BCUT2D eigenvalue weighted by Gasteiger charge is -2.14. The fourth-order valence-electron chi connectivity index (χ4n) is 2.72. The lowest BCUT2D eigenvalue weighted by Crippen LogP contribution is -2.33. The second-order valence-corrected chi connectivity index (χ2v) is 6.59. The van der Waals surface area contributed by atoms with E-state index in [1.54, 1.807) is 6.07 Å². The molecule has 0 aliphatic rings. The maximum Gasteiger partial charge on any atom is 0.308 e. The zero-order chi connectivity index (χ0) is 24.9. The van der Waals surface area contributed by atoms with Crippen LogP contribution < -0.4 is 10.8 Å². The van der Waals surface area contributed by atoms with E-state index in [0.717, 1.165) is 18.3 Å². The van der Waals surface area contributed by atoms with Crippen molar-refractivity contribution in [3.05, 3.63) is 88.6 Å². The third-order valence-electron chi connectivity index (χ3n) is 4.32. The Kier molecular flexibility index (Phi) is 6.58. The van der Waals surface area contributed by atoms with Crippen molar-refractivity contribution < 1.29 is 28.9 Å². The van der Waals surface area contributed by atoms with Gasteiger partial charge in [0.1, 0.15) is 24.1 Å². The fraction of sp³-hybridized carbons (Fsp3) is 0.190. The smallest absolute Gasteiger partial charge is 0.308 e. The fourth-order valence-corrected chi connectivity index (χ4v) is 2.72. The number of carbonyl (C=O) groups excluding carboxylic acids is 1. The molecule has 0 saturated heterocycles. The van der Waals surface area contributed by atoms with Gasteiger partial charge in [0.2, 0.25) is 5.91 Å². The molecule has 12 heteroatoms. The van der Waals surface area contributed by atoms with E-state index in [0.29, 0.717) is 6.07 Å². The standard InChI is InChI=1S/C21H16F4N6O2/c22-14-4-3-7-27-16(14)11-29-19(32)9-17-13(10-26)8-15(23)20(31(17)33)30-12-21(24,25)18-5-1-2-6-28-18/h1-8,33H,9,11-12H2,(H,29,32)/i11D/t11-/m0/s1. The first-order valence-electron chi connectivity index (χ1n) is 9.87. The summed E-state index contributed by atoms with van der Waals surface area (Å²) in [6.45, 7) is -2.90. The predicted octanol–water partition coefficient (Wildman–Crippen LogP) is 2.22.